The summed E-state index contributed by atoms with van der Waals surface area (Å²) in [4.78, 5) is 28.1. The summed E-state index contributed by atoms with van der Waals surface area (Å²) in [6.45, 7) is 4.11. The lowest BCUT2D eigenvalue weighted by molar-refractivity contribution is -0.153. The molecule has 1 aliphatic carbocycles. The molecular formula is C23H32N2O3. The molecule has 1 saturated heterocycles. The molecule has 1 aliphatic heterocycles. The second kappa shape index (κ2) is 8.91. The number of carbonyl (C=O) groups is 2. The minimum absolute atomic E-state index is 0.0328. The molecule has 0 aromatic heterocycles. The average Bonchev–Trinajstić information content (AvgIpc) is 3.25. The Morgan fingerprint density at radius 1 is 1.14 bits per heavy atom. The lowest BCUT2D eigenvalue weighted by Gasteiger charge is -2.55. The van der Waals surface area contributed by atoms with E-state index in [-0.39, 0.29) is 36.4 Å². The van der Waals surface area contributed by atoms with Crippen molar-refractivity contribution in [2.75, 3.05) is 20.2 Å². The number of amides is 2. The predicted molar refractivity (Wildman–Crippen MR) is 111 cm³/mol. The molecule has 0 radical (unpaired) electrons. The lowest BCUT2D eigenvalue weighted by Crippen LogP contribution is -2.68. The van der Waals surface area contributed by atoms with Crippen LogP contribution in [0.3, 0.4) is 0 Å². The Morgan fingerprint density at radius 3 is 2.39 bits per heavy atom. The van der Waals surface area contributed by atoms with E-state index in [9.17, 15) is 14.7 Å². The van der Waals surface area contributed by atoms with Gasteiger partial charge in [0.05, 0.1) is 18.7 Å². The van der Waals surface area contributed by atoms with Crippen LogP contribution in [-0.2, 0) is 9.59 Å². The maximum Gasteiger partial charge on any atom is 0.222 e. The van der Waals surface area contributed by atoms with Gasteiger partial charge in [-0.25, -0.2) is 0 Å². The monoisotopic (exact) mass is 384 g/mol. The molecule has 0 spiro atoms. The van der Waals surface area contributed by atoms with Crippen LogP contribution in [0.1, 0.15) is 63.0 Å². The molecule has 2 amide bonds. The van der Waals surface area contributed by atoms with Crippen molar-refractivity contribution in [3.63, 3.8) is 0 Å². The first-order valence-corrected chi connectivity index (χ1v) is 10.5. The molecule has 5 nitrogen and oxygen atoms in total. The van der Waals surface area contributed by atoms with Gasteiger partial charge in [-0.3, -0.25) is 9.59 Å². The van der Waals surface area contributed by atoms with Crippen LogP contribution in [0, 0.1) is 0 Å². The summed E-state index contributed by atoms with van der Waals surface area (Å²) in [5.41, 5.74) is 3.80. The van der Waals surface area contributed by atoms with Crippen molar-refractivity contribution < 1.29 is 14.7 Å². The van der Waals surface area contributed by atoms with Crippen LogP contribution in [0.4, 0.5) is 0 Å². The Bertz CT molecular complexity index is 741. The molecule has 1 aromatic rings. The summed E-state index contributed by atoms with van der Waals surface area (Å²) in [5.74, 6) is 0.142. The number of aliphatic hydroxyl groups excluding tert-OH is 1. The third kappa shape index (κ3) is 3.86. The first kappa shape index (κ1) is 20.6. The van der Waals surface area contributed by atoms with Gasteiger partial charge in [-0.05, 0) is 36.0 Å². The minimum Gasteiger partial charge on any atom is -0.394 e. The van der Waals surface area contributed by atoms with E-state index in [4.69, 9.17) is 0 Å². The summed E-state index contributed by atoms with van der Waals surface area (Å²) in [7, 11) is 1.79. The number of hydrogen-bond acceptors (Lipinski definition) is 3. The van der Waals surface area contributed by atoms with Crippen LogP contribution in [-0.4, -0.2) is 59.0 Å². The topological polar surface area (TPSA) is 60.9 Å². The van der Waals surface area contributed by atoms with E-state index in [2.05, 4.69) is 30.3 Å². The molecule has 1 aromatic carbocycles. The highest BCUT2D eigenvalue weighted by atomic mass is 16.3. The Labute approximate surface area is 168 Å². The molecule has 1 heterocycles. The molecule has 2 aliphatic rings. The van der Waals surface area contributed by atoms with E-state index in [1.165, 1.54) is 17.6 Å². The quantitative estimate of drug-likeness (QED) is 0.785. The van der Waals surface area contributed by atoms with E-state index < -0.39 is 0 Å². The van der Waals surface area contributed by atoms with Crippen LogP contribution < -0.4 is 0 Å². The second-order valence-electron chi connectivity index (χ2n) is 7.87. The molecule has 1 fully saturated rings. The van der Waals surface area contributed by atoms with Gasteiger partial charge in [0.2, 0.25) is 11.8 Å². The molecular weight excluding hydrogens is 352 g/mol. The maximum atomic E-state index is 12.5. The van der Waals surface area contributed by atoms with Crippen molar-refractivity contribution in [3.05, 3.63) is 41.5 Å². The van der Waals surface area contributed by atoms with Crippen molar-refractivity contribution in [2.24, 2.45) is 0 Å². The van der Waals surface area contributed by atoms with Gasteiger partial charge in [0.25, 0.3) is 0 Å². The van der Waals surface area contributed by atoms with Gasteiger partial charge >= 0.3 is 0 Å². The fourth-order valence-electron chi connectivity index (χ4n) is 4.65. The summed E-state index contributed by atoms with van der Waals surface area (Å²) >= 11 is 0. The minimum atomic E-state index is -0.223. The number of hydrogen-bond donors (Lipinski definition) is 1. The number of nitrogens with zero attached hydrogens (tertiary/aromatic N) is 2. The van der Waals surface area contributed by atoms with Gasteiger partial charge in [-0.15, -0.1) is 0 Å². The van der Waals surface area contributed by atoms with Crippen LogP contribution in [0.2, 0.25) is 0 Å². The lowest BCUT2D eigenvalue weighted by atomic mass is 9.74. The molecule has 0 bridgehead atoms. The van der Waals surface area contributed by atoms with E-state index in [1.54, 1.807) is 16.8 Å². The highest BCUT2D eigenvalue weighted by Gasteiger charge is 2.51. The zero-order valence-electron chi connectivity index (χ0n) is 17.2. The van der Waals surface area contributed by atoms with Gasteiger partial charge in [-0.2, -0.15) is 0 Å². The van der Waals surface area contributed by atoms with Crippen LogP contribution >= 0.6 is 0 Å². The number of allylic oxidation sites excluding steroid dienone is 2. The summed E-state index contributed by atoms with van der Waals surface area (Å²) < 4.78 is 0. The predicted octanol–water partition coefficient (Wildman–Crippen LogP) is 3.19. The van der Waals surface area contributed by atoms with Crippen LogP contribution in [0.5, 0.6) is 0 Å². The number of aliphatic hydroxyl groups is 1. The fraction of sp³-hybridized carbons (Fsp3) is 0.565. The number of carbonyl (C=O) groups excluding carboxylic acids is 2. The third-order valence-electron chi connectivity index (χ3n) is 6.22. The standard InChI is InChI=1S/C23H32N2O3/c1-4-21(27)24(3)14-19-23(20(15-26)25(19)22(28)5-2)18-12-10-17(11-13-18)16-8-6-7-9-16/h8,10-13,19-20,23,26H,4-7,9,14-15H2,1-3H3/t19-,20+,23-/m1/s1. The first-order chi connectivity index (χ1) is 13.5. The smallest absolute Gasteiger partial charge is 0.222 e. The zero-order valence-corrected chi connectivity index (χ0v) is 17.2. The van der Waals surface area contributed by atoms with E-state index in [0.29, 0.717) is 19.4 Å². The Hall–Kier alpha value is -2.14. The largest absolute Gasteiger partial charge is 0.394 e. The Balaban J connectivity index is 1.84. The van der Waals surface area contributed by atoms with Crippen molar-refractivity contribution in [1.82, 2.24) is 9.80 Å². The van der Waals surface area contributed by atoms with E-state index in [1.807, 2.05) is 13.8 Å². The molecule has 152 valence electrons. The second-order valence-corrected chi connectivity index (χ2v) is 7.87. The Kier molecular flexibility index (Phi) is 6.55. The van der Waals surface area contributed by atoms with Gasteiger partial charge in [0.1, 0.15) is 0 Å². The molecule has 5 heteroatoms. The molecule has 3 atom stereocenters. The van der Waals surface area contributed by atoms with Crippen molar-refractivity contribution in [1.29, 1.82) is 0 Å². The highest BCUT2D eigenvalue weighted by Crippen LogP contribution is 2.42. The van der Waals surface area contributed by atoms with E-state index >= 15 is 0 Å². The van der Waals surface area contributed by atoms with Gasteiger partial charge < -0.3 is 14.9 Å². The number of likely N-dealkylation sites (N-methyl/N-ethyl adjacent to an activating group) is 1. The normalized spacial score (nSPS) is 23.9. The van der Waals surface area contributed by atoms with Gasteiger partial charge in [-0.1, -0.05) is 44.2 Å². The molecule has 3 rings (SSSR count). The number of likely N-dealkylation sites (tertiary alicyclic amines) is 1. The summed E-state index contributed by atoms with van der Waals surface area (Å²) in [6, 6.07) is 8.25. The average molecular weight is 385 g/mol. The fourth-order valence-corrected chi connectivity index (χ4v) is 4.65. The number of benzene rings is 1. The zero-order chi connectivity index (χ0) is 20.3. The third-order valence-corrected chi connectivity index (χ3v) is 6.22. The molecule has 0 unspecified atom stereocenters. The van der Waals surface area contributed by atoms with Gasteiger partial charge in [0, 0.05) is 32.4 Å². The van der Waals surface area contributed by atoms with E-state index in [0.717, 1.165) is 18.4 Å². The highest BCUT2D eigenvalue weighted by molar-refractivity contribution is 5.79. The SMILES string of the molecule is CCC(=O)N(C)C[C@@H]1[C@@H](c2ccc(C3=CCCC3)cc2)[C@H](CO)N1C(=O)CC. The molecule has 28 heavy (non-hydrogen) atoms. The number of rotatable bonds is 7. The Morgan fingerprint density at radius 2 is 1.86 bits per heavy atom. The molecule has 0 saturated carbocycles. The van der Waals surface area contributed by atoms with Crippen LogP contribution in [0.15, 0.2) is 30.3 Å². The first-order valence-electron chi connectivity index (χ1n) is 10.5. The summed E-state index contributed by atoms with van der Waals surface area (Å²) in [6.07, 6.45) is 6.67. The van der Waals surface area contributed by atoms with Crippen molar-refractivity contribution >= 4 is 17.4 Å². The van der Waals surface area contributed by atoms with Gasteiger partial charge in [0.15, 0.2) is 0 Å². The molecule has 1 N–H and O–H groups in total. The maximum absolute atomic E-state index is 12.5. The van der Waals surface area contributed by atoms with Crippen molar-refractivity contribution in [2.45, 2.75) is 64.0 Å². The van der Waals surface area contributed by atoms with Crippen LogP contribution in [0.25, 0.3) is 5.57 Å². The van der Waals surface area contributed by atoms with Crippen molar-refractivity contribution in [3.8, 4) is 0 Å². The summed E-state index contributed by atoms with van der Waals surface area (Å²) in [5, 5.41) is 9.98.